The van der Waals surface area contributed by atoms with Gasteiger partial charge in [-0.1, -0.05) is 60.5 Å². The molecule has 0 aromatic heterocycles. The number of amides is 2. The van der Waals surface area contributed by atoms with Crippen LogP contribution < -0.4 is 9.62 Å². The lowest BCUT2D eigenvalue weighted by atomic mass is 10.1. The van der Waals surface area contributed by atoms with Gasteiger partial charge >= 0.3 is 0 Å². The third-order valence-electron chi connectivity index (χ3n) is 5.53. The van der Waals surface area contributed by atoms with E-state index in [1.165, 1.54) is 12.1 Å². The van der Waals surface area contributed by atoms with Crippen molar-refractivity contribution in [2.75, 3.05) is 30.2 Å². The average molecular weight is 543 g/mol. The summed E-state index contributed by atoms with van der Waals surface area (Å²) in [7, 11) is -3.66. The van der Waals surface area contributed by atoms with Gasteiger partial charge in [-0.15, -0.1) is 0 Å². The number of sulfonamides is 1. The molecule has 0 saturated heterocycles. The summed E-state index contributed by atoms with van der Waals surface area (Å²) < 4.78 is 26.0. The van der Waals surface area contributed by atoms with E-state index in [1.807, 2.05) is 37.3 Å². The van der Waals surface area contributed by atoms with Crippen LogP contribution in [0.4, 0.5) is 5.69 Å². The second-order valence-corrected chi connectivity index (χ2v) is 11.1. The van der Waals surface area contributed by atoms with E-state index in [-0.39, 0.29) is 41.9 Å². The van der Waals surface area contributed by atoms with Crippen LogP contribution in [0.2, 0.25) is 10.0 Å². The zero-order valence-electron chi connectivity index (χ0n) is 20.3. The van der Waals surface area contributed by atoms with Crippen LogP contribution in [0.25, 0.3) is 0 Å². The lowest BCUT2D eigenvalue weighted by Crippen LogP contribution is -2.49. The van der Waals surface area contributed by atoms with Crippen molar-refractivity contribution < 1.29 is 18.0 Å². The fraction of sp³-hybridized carbons (Fsp3) is 0.440. The Morgan fingerprint density at radius 1 is 1.06 bits per heavy atom. The topological polar surface area (TPSA) is 86.8 Å². The van der Waals surface area contributed by atoms with Crippen molar-refractivity contribution in [2.45, 2.75) is 45.6 Å². The number of nitrogens with one attached hydrogen (secondary N) is 1. The molecule has 192 valence electrons. The first-order valence-corrected chi connectivity index (χ1v) is 14.2. The van der Waals surface area contributed by atoms with Gasteiger partial charge in [0, 0.05) is 31.1 Å². The third kappa shape index (κ3) is 9.02. The van der Waals surface area contributed by atoms with Gasteiger partial charge in [0.1, 0.15) is 6.04 Å². The smallest absolute Gasteiger partial charge is 0.242 e. The molecule has 1 atom stereocenters. The second kappa shape index (κ2) is 13.7. The van der Waals surface area contributed by atoms with Crippen molar-refractivity contribution >= 4 is 50.7 Å². The highest BCUT2D eigenvalue weighted by molar-refractivity contribution is 7.92. The average Bonchev–Trinajstić information content (AvgIpc) is 2.81. The molecule has 2 aromatic rings. The summed E-state index contributed by atoms with van der Waals surface area (Å²) in [5, 5.41) is 3.45. The first kappa shape index (κ1) is 28.9. The number of carbonyl (C=O) groups is 2. The lowest BCUT2D eigenvalue weighted by Gasteiger charge is -2.29. The Bertz CT molecular complexity index is 1100. The highest BCUT2D eigenvalue weighted by Gasteiger charge is 2.26. The number of halogens is 2. The fourth-order valence-corrected chi connectivity index (χ4v) is 5.03. The maximum atomic E-state index is 13.2. The van der Waals surface area contributed by atoms with E-state index in [0.29, 0.717) is 24.5 Å². The summed E-state index contributed by atoms with van der Waals surface area (Å²) in [6, 6.07) is 13.7. The summed E-state index contributed by atoms with van der Waals surface area (Å²) in [6.45, 7) is 4.63. The zero-order valence-corrected chi connectivity index (χ0v) is 22.7. The van der Waals surface area contributed by atoms with E-state index in [4.69, 9.17) is 23.2 Å². The Balaban J connectivity index is 2.13. The number of benzene rings is 2. The molecule has 0 radical (unpaired) electrons. The van der Waals surface area contributed by atoms with Crippen LogP contribution in [0.15, 0.2) is 48.5 Å². The van der Waals surface area contributed by atoms with Crippen LogP contribution in [0.3, 0.4) is 0 Å². The first-order valence-electron chi connectivity index (χ1n) is 11.6. The van der Waals surface area contributed by atoms with Gasteiger partial charge in [-0.2, -0.15) is 0 Å². The molecule has 0 spiro atoms. The van der Waals surface area contributed by atoms with E-state index < -0.39 is 16.1 Å². The summed E-state index contributed by atoms with van der Waals surface area (Å²) in [6.07, 6.45) is 2.80. The Kier molecular flexibility index (Phi) is 11.3. The van der Waals surface area contributed by atoms with Crippen LogP contribution >= 0.6 is 23.2 Å². The molecular weight excluding hydrogens is 509 g/mol. The number of anilines is 1. The maximum Gasteiger partial charge on any atom is 0.242 e. The fourth-order valence-electron chi connectivity index (χ4n) is 3.63. The number of hydrogen-bond acceptors (Lipinski definition) is 4. The van der Waals surface area contributed by atoms with Crippen molar-refractivity contribution in [3.63, 3.8) is 0 Å². The van der Waals surface area contributed by atoms with Crippen LogP contribution in [-0.4, -0.2) is 57.1 Å². The van der Waals surface area contributed by atoms with Gasteiger partial charge in [-0.05, 0) is 49.9 Å². The monoisotopic (exact) mass is 541 g/mol. The van der Waals surface area contributed by atoms with Crippen molar-refractivity contribution in [1.82, 2.24) is 10.2 Å². The molecule has 0 aliphatic carbocycles. The minimum Gasteiger partial charge on any atom is -0.354 e. The van der Waals surface area contributed by atoms with Gasteiger partial charge in [0.25, 0.3) is 0 Å². The highest BCUT2D eigenvalue weighted by atomic mass is 35.5. The van der Waals surface area contributed by atoms with Gasteiger partial charge in [-0.25, -0.2) is 8.42 Å². The summed E-state index contributed by atoms with van der Waals surface area (Å²) in [5.74, 6) is -0.428. The van der Waals surface area contributed by atoms with E-state index in [0.717, 1.165) is 22.5 Å². The van der Waals surface area contributed by atoms with E-state index in [9.17, 15) is 18.0 Å². The Morgan fingerprint density at radius 2 is 1.74 bits per heavy atom. The van der Waals surface area contributed by atoms with Gasteiger partial charge in [0.05, 0.1) is 17.0 Å². The molecule has 2 amide bonds. The predicted molar refractivity (Wildman–Crippen MR) is 143 cm³/mol. The Hall–Kier alpha value is -2.29. The molecule has 0 aliphatic rings. The third-order valence-corrected chi connectivity index (χ3v) is 7.26. The normalized spacial score (nSPS) is 12.1. The largest absolute Gasteiger partial charge is 0.354 e. The Morgan fingerprint density at radius 3 is 2.37 bits per heavy atom. The quantitative estimate of drug-likeness (QED) is 0.403. The molecule has 35 heavy (non-hydrogen) atoms. The predicted octanol–water partition coefficient (Wildman–Crippen LogP) is 4.53. The zero-order chi connectivity index (χ0) is 26.0. The SMILES string of the molecule is CCCNC(=O)[C@@H](C)N(CCc1ccccc1)C(=O)CCCN(c1cc(Cl)ccc1Cl)S(C)(=O)=O. The van der Waals surface area contributed by atoms with Gasteiger partial charge in [0.2, 0.25) is 21.8 Å². The summed E-state index contributed by atoms with van der Waals surface area (Å²) in [5.41, 5.74) is 1.33. The van der Waals surface area contributed by atoms with Crippen molar-refractivity contribution in [3.05, 3.63) is 64.1 Å². The van der Waals surface area contributed by atoms with Crippen LogP contribution in [0.5, 0.6) is 0 Å². The van der Waals surface area contributed by atoms with Gasteiger partial charge in [-0.3, -0.25) is 13.9 Å². The summed E-state index contributed by atoms with van der Waals surface area (Å²) in [4.78, 5) is 27.4. The molecule has 0 heterocycles. The molecule has 0 aliphatic heterocycles. The Labute approximate surface area is 218 Å². The van der Waals surface area contributed by atoms with Crippen molar-refractivity contribution in [2.24, 2.45) is 0 Å². The van der Waals surface area contributed by atoms with Crippen LogP contribution in [-0.2, 0) is 26.0 Å². The molecule has 0 unspecified atom stereocenters. The molecule has 0 fully saturated rings. The number of rotatable bonds is 13. The molecule has 10 heteroatoms. The molecule has 7 nitrogen and oxygen atoms in total. The van der Waals surface area contributed by atoms with E-state index >= 15 is 0 Å². The summed E-state index contributed by atoms with van der Waals surface area (Å²) >= 11 is 12.3. The van der Waals surface area contributed by atoms with Gasteiger partial charge in [0.15, 0.2) is 0 Å². The number of hydrogen-bond donors (Lipinski definition) is 1. The highest BCUT2D eigenvalue weighted by Crippen LogP contribution is 2.31. The van der Waals surface area contributed by atoms with E-state index in [1.54, 1.807) is 17.9 Å². The number of nitrogens with zero attached hydrogens (tertiary/aromatic N) is 2. The second-order valence-electron chi connectivity index (χ2n) is 8.32. The lowest BCUT2D eigenvalue weighted by molar-refractivity contribution is -0.139. The standard InChI is InChI=1S/C25H33Cl2N3O4S/c1-4-15-28-25(32)19(2)29(17-14-20-9-6-5-7-10-20)24(31)11-8-16-30(35(3,33)34)23-18-21(26)12-13-22(23)27/h5-7,9-10,12-13,18-19H,4,8,11,14-17H2,1-3H3,(H,28,32)/t19-/m1/s1. The van der Waals surface area contributed by atoms with Crippen LogP contribution in [0.1, 0.15) is 38.7 Å². The minimum absolute atomic E-state index is 0.0492. The van der Waals surface area contributed by atoms with E-state index in [2.05, 4.69) is 5.32 Å². The van der Waals surface area contributed by atoms with Crippen LogP contribution in [0, 0.1) is 0 Å². The number of carbonyl (C=O) groups excluding carboxylic acids is 2. The maximum absolute atomic E-state index is 13.2. The molecule has 0 bridgehead atoms. The molecule has 1 N–H and O–H groups in total. The van der Waals surface area contributed by atoms with Crippen molar-refractivity contribution in [3.8, 4) is 0 Å². The minimum atomic E-state index is -3.66. The molecular formula is C25H33Cl2N3O4S. The van der Waals surface area contributed by atoms with Crippen molar-refractivity contribution in [1.29, 1.82) is 0 Å². The molecule has 0 saturated carbocycles. The first-order chi connectivity index (χ1) is 16.5. The molecule has 2 rings (SSSR count). The van der Waals surface area contributed by atoms with Gasteiger partial charge < -0.3 is 10.2 Å². The molecule has 2 aromatic carbocycles.